The average Bonchev–Trinajstić information content (AvgIpc) is 2.73. The standard InChI is InChI=1S/C22H22N2O4S/c1-16-8-9-17(2)21(14-16)29(26,27)24-23-22(25)15-28-20-12-10-19(11-13-20)18-6-4-3-5-7-18/h3-14,24H,15H2,1-2H3,(H,23,25). The Morgan fingerprint density at radius 1 is 0.897 bits per heavy atom. The molecule has 0 spiro atoms. The van der Waals surface area contributed by atoms with Crippen LogP contribution >= 0.6 is 0 Å². The van der Waals surface area contributed by atoms with E-state index in [0.717, 1.165) is 16.7 Å². The second-order valence-electron chi connectivity index (χ2n) is 6.60. The molecule has 0 atom stereocenters. The second-order valence-corrected chi connectivity index (χ2v) is 8.25. The van der Waals surface area contributed by atoms with Crippen LogP contribution in [0.25, 0.3) is 11.1 Å². The third-order valence-electron chi connectivity index (χ3n) is 4.29. The molecule has 0 saturated carbocycles. The first kappa shape index (κ1) is 20.6. The third kappa shape index (κ3) is 5.43. The highest BCUT2D eigenvalue weighted by molar-refractivity contribution is 7.89. The minimum absolute atomic E-state index is 0.121. The van der Waals surface area contributed by atoms with Crippen LogP contribution in [0.1, 0.15) is 11.1 Å². The second kappa shape index (κ2) is 8.89. The fraction of sp³-hybridized carbons (Fsp3) is 0.136. The highest BCUT2D eigenvalue weighted by Gasteiger charge is 2.18. The Balaban J connectivity index is 1.54. The Labute approximate surface area is 170 Å². The van der Waals surface area contributed by atoms with Gasteiger partial charge in [-0.25, -0.2) is 8.42 Å². The predicted octanol–water partition coefficient (Wildman–Crippen LogP) is 3.36. The van der Waals surface area contributed by atoms with Crippen LogP contribution in [0.3, 0.4) is 0 Å². The van der Waals surface area contributed by atoms with E-state index in [1.54, 1.807) is 38.1 Å². The normalized spacial score (nSPS) is 11.1. The van der Waals surface area contributed by atoms with Crippen LogP contribution in [0.5, 0.6) is 5.75 Å². The number of carbonyl (C=O) groups is 1. The number of hydrazine groups is 1. The van der Waals surface area contributed by atoms with Crippen LogP contribution in [0.2, 0.25) is 0 Å². The van der Waals surface area contributed by atoms with Crippen molar-refractivity contribution in [2.75, 3.05) is 6.61 Å². The van der Waals surface area contributed by atoms with Crippen molar-refractivity contribution in [2.24, 2.45) is 0 Å². The molecule has 3 aromatic rings. The van der Waals surface area contributed by atoms with Crippen molar-refractivity contribution >= 4 is 15.9 Å². The fourth-order valence-electron chi connectivity index (χ4n) is 2.74. The van der Waals surface area contributed by atoms with E-state index in [9.17, 15) is 13.2 Å². The minimum Gasteiger partial charge on any atom is -0.484 e. The largest absolute Gasteiger partial charge is 0.484 e. The van der Waals surface area contributed by atoms with Gasteiger partial charge in [0.2, 0.25) is 0 Å². The predicted molar refractivity (Wildman–Crippen MR) is 112 cm³/mol. The Morgan fingerprint density at radius 3 is 2.24 bits per heavy atom. The lowest BCUT2D eigenvalue weighted by Crippen LogP contribution is -2.43. The number of amides is 1. The van der Waals surface area contributed by atoms with Crippen molar-refractivity contribution in [3.8, 4) is 16.9 Å². The number of benzene rings is 3. The van der Waals surface area contributed by atoms with Gasteiger partial charge in [0.1, 0.15) is 5.75 Å². The van der Waals surface area contributed by atoms with Gasteiger partial charge in [-0.05, 0) is 54.3 Å². The maximum atomic E-state index is 12.4. The van der Waals surface area contributed by atoms with Crippen molar-refractivity contribution in [2.45, 2.75) is 18.7 Å². The molecule has 3 aromatic carbocycles. The van der Waals surface area contributed by atoms with Crippen molar-refractivity contribution < 1.29 is 17.9 Å². The van der Waals surface area contributed by atoms with Gasteiger partial charge in [0.25, 0.3) is 15.9 Å². The third-order valence-corrected chi connectivity index (χ3v) is 5.68. The molecule has 0 aliphatic heterocycles. The Bertz CT molecular complexity index is 1100. The van der Waals surface area contributed by atoms with Crippen molar-refractivity contribution in [3.63, 3.8) is 0 Å². The monoisotopic (exact) mass is 410 g/mol. The summed E-state index contributed by atoms with van der Waals surface area (Å²) in [5, 5.41) is 0. The molecule has 7 heteroatoms. The van der Waals surface area contributed by atoms with Gasteiger partial charge in [0.05, 0.1) is 4.90 Å². The van der Waals surface area contributed by atoms with Gasteiger partial charge in [0, 0.05) is 0 Å². The van der Waals surface area contributed by atoms with Crippen LogP contribution in [0.4, 0.5) is 0 Å². The minimum atomic E-state index is -3.87. The summed E-state index contributed by atoms with van der Waals surface area (Å²) < 4.78 is 30.2. The van der Waals surface area contributed by atoms with Gasteiger partial charge >= 0.3 is 0 Å². The summed E-state index contributed by atoms with van der Waals surface area (Å²) in [4.78, 5) is 14.2. The van der Waals surface area contributed by atoms with E-state index >= 15 is 0 Å². The molecule has 0 aliphatic carbocycles. The van der Waals surface area contributed by atoms with E-state index in [4.69, 9.17) is 4.74 Å². The summed E-state index contributed by atoms with van der Waals surface area (Å²) in [5.74, 6) is -0.0942. The number of carbonyl (C=O) groups excluding carboxylic acids is 1. The Kier molecular flexibility index (Phi) is 6.31. The lowest BCUT2D eigenvalue weighted by Gasteiger charge is -2.12. The van der Waals surface area contributed by atoms with Crippen LogP contribution in [0.15, 0.2) is 77.7 Å². The average molecular weight is 410 g/mol. The van der Waals surface area contributed by atoms with Gasteiger partial charge in [-0.15, -0.1) is 4.83 Å². The number of hydrogen-bond acceptors (Lipinski definition) is 4. The molecule has 2 N–H and O–H groups in total. The molecule has 0 aromatic heterocycles. The number of rotatable bonds is 7. The summed E-state index contributed by atoms with van der Waals surface area (Å²) in [6.45, 7) is 3.17. The number of nitrogens with one attached hydrogen (secondary N) is 2. The SMILES string of the molecule is Cc1ccc(C)c(S(=O)(=O)NNC(=O)COc2ccc(-c3ccccc3)cc2)c1. The van der Waals surface area contributed by atoms with E-state index in [1.165, 1.54) is 0 Å². The molecule has 0 aliphatic rings. The summed E-state index contributed by atoms with van der Waals surface area (Å²) >= 11 is 0. The maximum absolute atomic E-state index is 12.4. The summed E-state index contributed by atoms with van der Waals surface area (Å²) in [5.41, 5.74) is 5.69. The molecule has 3 rings (SSSR count). The molecule has 150 valence electrons. The highest BCUT2D eigenvalue weighted by Crippen LogP contribution is 2.22. The van der Waals surface area contributed by atoms with Gasteiger partial charge in [-0.3, -0.25) is 10.2 Å². The lowest BCUT2D eigenvalue weighted by atomic mass is 10.1. The zero-order chi connectivity index (χ0) is 20.9. The molecule has 1 amide bonds. The molecule has 0 bridgehead atoms. The maximum Gasteiger partial charge on any atom is 0.272 e. The molecule has 0 fully saturated rings. The zero-order valence-corrected chi connectivity index (χ0v) is 17.0. The van der Waals surface area contributed by atoms with Crippen molar-refractivity contribution in [1.29, 1.82) is 0 Å². The van der Waals surface area contributed by atoms with E-state index in [1.807, 2.05) is 48.5 Å². The van der Waals surface area contributed by atoms with E-state index < -0.39 is 15.9 Å². The van der Waals surface area contributed by atoms with Crippen LogP contribution in [0, 0.1) is 13.8 Å². The molecule has 6 nitrogen and oxygen atoms in total. The van der Waals surface area contributed by atoms with Crippen LogP contribution in [-0.2, 0) is 14.8 Å². The van der Waals surface area contributed by atoms with Crippen LogP contribution < -0.4 is 15.0 Å². The molecule has 29 heavy (non-hydrogen) atoms. The molecular weight excluding hydrogens is 388 g/mol. The number of ether oxygens (including phenoxy) is 1. The van der Waals surface area contributed by atoms with Gasteiger partial charge in [0.15, 0.2) is 6.61 Å². The molecule has 0 heterocycles. The smallest absolute Gasteiger partial charge is 0.272 e. The summed E-state index contributed by atoms with van der Waals surface area (Å²) in [7, 11) is -3.87. The van der Waals surface area contributed by atoms with Gasteiger partial charge in [-0.1, -0.05) is 54.6 Å². The first-order chi connectivity index (χ1) is 13.8. The van der Waals surface area contributed by atoms with E-state index in [2.05, 4.69) is 10.3 Å². The number of hydrogen-bond donors (Lipinski definition) is 2. The van der Waals surface area contributed by atoms with E-state index in [-0.39, 0.29) is 11.5 Å². The summed E-state index contributed by atoms with van der Waals surface area (Å²) in [6, 6.07) is 22.3. The first-order valence-corrected chi connectivity index (χ1v) is 10.5. The van der Waals surface area contributed by atoms with Gasteiger partial charge < -0.3 is 4.74 Å². The Morgan fingerprint density at radius 2 is 1.55 bits per heavy atom. The van der Waals surface area contributed by atoms with Crippen molar-refractivity contribution in [1.82, 2.24) is 10.3 Å². The van der Waals surface area contributed by atoms with Crippen molar-refractivity contribution in [3.05, 3.63) is 83.9 Å². The molecule has 0 unspecified atom stereocenters. The molecular formula is C22H22N2O4S. The zero-order valence-electron chi connectivity index (χ0n) is 16.2. The molecule has 0 saturated heterocycles. The topological polar surface area (TPSA) is 84.5 Å². The fourth-order valence-corrected chi connectivity index (χ4v) is 3.93. The quantitative estimate of drug-likeness (QED) is 0.585. The van der Waals surface area contributed by atoms with Gasteiger partial charge in [-0.2, -0.15) is 0 Å². The summed E-state index contributed by atoms with van der Waals surface area (Å²) in [6.07, 6.45) is 0. The number of sulfonamides is 1. The van der Waals surface area contributed by atoms with Crippen LogP contribution in [-0.4, -0.2) is 20.9 Å². The highest BCUT2D eigenvalue weighted by atomic mass is 32.2. The number of aryl methyl sites for hydroxylation is 2. The first-order valence-electron chi connectivity index (χ1n) is 9.01. The Hall–Kier alpha value is -3.16. The molecule has 0 radical (unpaired) electrons. The van der Waals surface area contributed by atoms with E-state index in [0.29, 0.717) is 11.3 Å². The lowest BCUT2D eigenvalue weighted by molar-refractivity contribution is -0.123.